The Balaban J connectivity index is 0.00000144. The largest absolute Gasteiger partial charge is 0.348 e. The molecule has 18 heavy (non-hydrogen) atoms. The molecule has 0 fully saturated rings. The van der Waals surface area contributed by atoms with Crippen LogP contribution in [0.2, 0.25) is 5.02 Å². The molecule has 0 saturated carbocycles. The van der Waals surface area contributed by atoms with Gasteiger partial charge >= 0.3 is 0 Å². The Morgan fingerprint density at radius 1 is 1.28 bits per heavy atom. The fourth-order valence-electron chi connectivity index (χ4n) is 1.52. The van der Waals surface area contributed by atoms with Crippen molar-refractivity contribution in [1.29, 1.82) is 0 Å². The third-order valence-corrected chi connectivity index (χ3v) is 2.58. The molecule has 0 aliphatic carbocycles. The lowest BCUT2D eigenvalue weighted by molar-refractivity contribution is 0.681. The maximum atomic E-state index is 5.90. The number of halogens is 3. The van der Waals surface area contributed by atoms with E-state index in [0.717, 1.165) is 30.2 Å². The molecular weight excluding hydrogens is 293 g/mol. The van der Waals surface area contributed by atoms with Gasteiger partial charge < -0.3 is 10.3 Å². The molecule has 100 valence electrons. The van der Waals surface area contributed by atoms with Crippen LogP contribution >= 0.6 is 36.4 Å². The van der Waals surface area contributed by atoms with Crippen molar-refractivity contribution in [3.63, 3.8) is 0 Å². The molecule has 2 rings (SSSR count). The van der Waals surface area contributed by atoms with Gasteiger partial charge in [0.05, 0.1) is 6.33 Å². The first-order valence-corrected chi connectivity index (χ1v) is 5.65. The maximum absolute atomic E-state index is 5.90. The molecule has 0 aliphatic rings. The summed E-state index contributed by atoms with van der Waals surface area (Å²) in [6.07, 6.45) is 4.51. The smallest absolute Gasteiger partial charge is 0.0921 e. The molecule has 0 saturated heterocycles. The van der Waals surface area contributed by atoms with Gasteiger partial charge in [0.25, 0.3) is 0 Å². The average molecular weight is 309 g/mol. The fraction of sp³-hybridized carbons (Fsp3) is 0.250. The lowest BCUT2D eigenvalue weighted by atomic mass is 10.2. The molecule has 0 aliphatic heterocycles. The van der Waals surface area contributed by atoms with Crippen LogP contribution in [0.1, 0.15) is 11.3 Å². The molecule has 2 aromatic rings. The minimum Gasteiger partial charge on any atom is -0.348 e. The van der Waals surface area contributed by atoms with Crippen LogP contribution in [-0.2, 0) is 13.0 Å². The van der Waals surface area contributed by atoms with Gasteiger partial charge in [-0.3, -0.25) is 0 Å². The summed E-state index contributed by atoms with van der Waals surface area (Å²) in [4.78, 5) is 7.04. The van der Waals surface area contributed by atoms with Crippen LogP contribution in [0.25, 0.3) is 0 Å². The number of rotatable bonds is 5. The predicted molar refractivity (Wildman–Crippen MR) is 79.9 cm³/mol. The van der Waals surface area contributed by atoms with Gasteiger partial charge in [0.1, 0.15) is 0 Å². The summed E-state index contributed by atoms with van der Waals surface area (Å²) in [5.41, 5.74) is 2.36. The van der Waals surface area contributed by atoms with Crippen molar-refractivity contribution >= 4 is 36.4 Å². The van der Waals surface area contributed by atoms with Crippen molar-refractivity contribution in [2.24, 2.45) is 0 Å². The van der Waals surface area contributed by atoms with E-state index in [0.29, 0.717) is 0 Å². The Kier molecular flexibility index (Phi) is 8.85. The normalized spacial score (nSPS) is 9.39. The van der Waals surface area contributed by atoms with Crippen LogP contribution in [0.5, 0.6) is 0 Å². The molecule has 0 unspecified atom stereocenters. The summed E-state index contributed by atoms with van der Waals surface area (Å²) in [5, 5.41) is 4.15. The quantitative estimate of drug-likeness (QED) is 0.833. The first-order chi connectivity index (χ1) is 7.84. The lowest BCUT2D eigenvalue weighted by Gasteiger charge is -2.04. The molecule has 0 bridgehead atoms. The van der Waals surface area contributed by atoms with Gasteiger partial charge in [-0.25, -0.2) is 4.98 Å². The Morgan fingerprint density at radius 3 is 2.78 bits per heavy atom. The van der Waals surface area contributed by atoms with Crippen LogP contribution in [0.3, 0.4) is 0 Å². The van der Waals surface area contributed by atoms with Crippen LogP contribution < -0.4 is 5.32 Å². The number of aromatic amines is 1. The monoisotopic (exact) mass is 307 g/mol. The molecule has 0 radical (unpaired) electrons. The zero-order valence-electron chi connectivity index (χ0n) is 9.73. The summed E-state index contributed by atoms with van der Waals surface area (Å²) < 4.78 is 0. The second kappa shape index (κ2) is 9.22. The molecule has 1 aromatic heterocycles. The molecule has 1 heterocycles. The molecular formula is C12H16Cl3N3. The molecule has 1 aromatic carbocycles. The first-order valence-electron chi connectivity index (χ1n) is 5.27. The summed E-state index contributed by atoms with van der Waals surface area (Å²) in [6.45, 7) is 1.77. The summed E-state index contributed by atoms with van der Waals surface area (Å²) in [5.74, 6) is 0. The zero-order valence-corrected chi connectivity index (χ0v) is 12.1. The van der Waals surface area contributed by atoms with Gasteiger partial charge in [0.2, 0.25) is 0 Å². The van der Waals surface area contributed by atoms with Crippen molar-refractivity contribution in [2.75, 3.05) is 6.54 Å². The van der Waals surface area contributed by atoms with Crippen molar-refractivity contribution < 1.29 is 0 Å². The number of imidazole rings is 1. The van der Waals surface area contributed by atoms with Gasteiger partial charge in [-0.1, -0.05) is 23.7 Å². The summed E-state index contributed by atoms with van der Waals surface area (Å²) >= 11 is 5.90. The summed E-state index contributed by atoms with van der Waals surface area (Å²) in [6, 6.07) is 7.89. The van der Waals surface area contributed by atoms with E-state index in [1.54, 1.807) is 6.33 Å². The number of aromatic nitrogens is 2. The van der Waals surface area contributed by atoms with Crippen molar-refractivity contribution in [3.05, 3.63) is 53.1 Å². The minimum atomic E-state index is 0. The van der Waals surface area contributed by atoms with E-state index in [1.807, 2.05) is 24.4 Å². The molecule has 6 heteroatoms. The highest BCUT2D eigenvalue weighted by molar-refractivity contribution is 6.30. The molecule has 0 amide bonds. The van der Waals surface area contributed by atoms with Crippen molar-refractivity contribution in [2.45, 2.75) is 13.0 Å². The number of nitrogens with one attached hydrogen (secondary N) is 2. The van der Waals surface area contributed by atoms with E-state index in [1.165, 1.54) is 5.56 Å². The summed E-state index contributed by atoms with van der Waals surface area (Å²) in [7, 11) is 0. The van der Waals surface area contributed by atoms with Crippen molar-refractivity contribution in [3.8, 4) is 0 Å². The van der Waals surface area contributed by atoms with Crippen molar-refractivity contribution in [1.82, 2.24) is 15.3 Å². The van der Waals surface area contributed by atoms with Crippen LogP contribution in [0, 0.1) is 0 Å². The van der Waals surface area contributed by atoms with Crippen LogP contribution in [0.4, 0.5) is 0 Å². The highest BCUT2D eigenvalue weighted by Gasteiger charge is 1.95. The number of hydrogen-bond acceptors (Lipinski definition) is 2. The van der Waals surface area contributed by atoms with E-state index in [-0.39, 0.29) is 24.8 Å². The van der Waals surface area contributed by atoms with Crippen LogP contribution in [0.15, 0.2) is 36.8 Å². The number of hydrogen-bond donors (Lipinski definition) is 2. The molecule has 0 atom stereocenters. The Labute approximate surface area is 124 Å². The third-order valence-electron chi connectivity index (χ3n) is 2.34. The first kappa shape index (κ1) is 17.3. The van der Waals surface area contributed by atoms with E-state index < -0.39 is 0 Å². The standard InChI is InChI=1S/C12H14ClN3.2ClH/c13-11-3-1-2-10(6-11)7-14-5-4-12-8-15-9-16-12;;/h1-3,6,8-9,14H,4-5,7H2,(H,15,16);2*1H. The second-order valence-corrected chi connectivity index (χ2v) is 4.07. The van der Waals surface area contributed by atoms with E-state index in [4.69, 9.17) is 11.6 Å². The fourth-order valence-corrected chi connectivity index (χ4v) is 1.74. The average Bonchev–Trinajstić information content (AvgIpc) is 2.77. The predicted octanol–water partition coefficient (Wildman–Crippen LogP) is 3.24. The Hall–Kier alpha value is -0.740. The number of H-pyrrole nitrogens is 1. The van der Waals surface area contributed by atoms with E-state index in [2.05, 4.69) is 21.4 Å². The van der Waals surface area contributed by atoms with Gasteiger partial charge in [-0.15, -0.1) is 24.8 Å². The Morgan fingerprint density at radius 2 is 2.11 bits per heavy atom. The number of benzene rings is 1. The van der Waals surface area contributed by atoms with Gasteiger partial charge in [-0.05, 0) is 17.7 Å². The molecule has 3 nitrogen and oxygen atoms in total. The second-order valence-electron chi connectivity index (χ2n) is 3.63. The highest BCUT2D eigenvalue weighted by Crippen LogP contribution is 2.10. The van der Waals surface area contributed by atoms with E-state index in [9.17, 15) is 0 Å². The molecule has 2 N–H and O–H groups in total. The van der Waals surface area contributed by atoms with E-state index >= 15 is 0 Å². The van der Waals surface area contributed by atoms with Gasteiger partial charge in [0, 0.05) is 36.4 Å². The Bertz CT molecular complexity index is 432. The molecule has 0 spiro atoms. The van der Waals surface area contributed by atoms with Gasteiger partial charge in [0.15, 0.2) is 0 Å². The maximum Gasteiger partial charge on any atom is 0.0921 e. The minimum absolute atomic E-state index is 0. The zero-order chi connectivity index (χ0) is 11.2. The highest BCUT2D eigenvalue weighted by atomic mass is 35.5. The topological polar surface area (TPSA) is 40.7 Å². The number of nitrogens with zero attached hydrogens (tertiary/aromatic N) is 1. The SMILES string of the molecule is Cl.Cl.Clc1cccc(CNCCc2cnc[nH]2)c1. The van der Waals surface area contributed by atoms with Crippen LogP contribution in [-0.4, -0.2) is 16.5 Å². The van der Waals surface area contributed by atoms with Gasteiger partial charge in [-0.2, -0.15) is 0 Å². The third kappa shape index (κ3) is 5.74. The lowest BCUT2D eigenvalue weighted by Crippen LogP contribution is -2.16.